The molecule has 0 spiro atoms. The van der Waals surface area contributed by atoms with E-state index in [0.29, 0.717) is 0 Å². The molecular formula is C10H10F12O. The normalized spacial score (nSPS) is 15.9. The fourth-order valence-corrected chi connectivity index (χ4v) is 1.37. The predicted molar refractivity (Wildman–Crippen MR) is 51.7 cm³/mol. The maximum Gasteiger partial charge on any atom is 0.384 e. The third-order valence-corrected chi connectivity index (χ3v) is 2.97. The van der Waals surface area contributed by atoms with Crippen molar-refractivity contribution >= 4 is 0 Å². The largest absolute Gasteiger partial charge is 0.396 e. The van der Waals surface area contributed by atoms with Gasteiger partial charge in [0.25, 0.3) is 0 Å². The lowest BCUT2D eigenvalue weighted by molar-refractivity contribution is -0.425. The zero-order valence-electron chi connectivity index (χ0n) is 11.1. The molecule has 0 aromatic carbocycles. The van der Waals surface area contributed by atoms with Crippen molar-refractivity contribution in [2.75, 3.05) is 6.61 Å². The van der Waals surface area contributed by atoms with Crippen LogP contribution in [0.3, 0.4) is 0 Å². The van der Waals surface area contributed by atoms with E-state index in [0.717, 1.165) is 0 Å². The fourth-order valence-electron chi connectivity index (χ4n) is 1.37. The maximum absolute atomic E-state index is 13.1. The lowest BCUT2D eigenvalue weighted by atomic mass is 9.90. The molecular weight excluding hydrogens is 364 g/mol. The quantitative estimate of drug-likeness (QED) is 0.617. The van der Waals surface area contributed by atoms with Gasteiger partial charge in [0.1, 0.15) is 0 Å². The van der Waals surface area contributed by atoms with Gasteiger partial charge in [0.2, 0.25) is 0 Å². The van der Waals surface area contributed by atoms with Crippen LogP contribution in [0.4, 0.5) is 52.7 Å². The SMILES string of the molecule is CCC(F)(F)C(F)(F)C(F)(F)C(F)(F)C(F)(F)C(F)(F)CCO. The van der Waals surface area contributed by atoms with Crippen molar-refractivity contribution in [2.45, 2.75) is 55.3 Å². The molecule has 0 aliphatic carbocycles. The summed E-state index contributed by atoms with van der Waals surface area (Å²) in [6.07, 6.45) is -4.63. The van der Waals surface area contributed by atoms with E-state index in [9.17, 15) is 52.7 Å². The number of hydrogen-bond acceptors (Lipinski definition) is 1. The Morgan fingerprint density at radius 3 is 1.13 bits per heavy atom. The van der Waals surface area contributed by atoms with Crippen molar-refractivity contribution in [1.82, 2.24) is 0 Å². The Balaban J connectivity index is 6.17. The average molecular weight is 374 g/mol. The number of alkyl halides is 12. The van der Waals surface area contributed by atoms with Gasteiger partial charge in [-0.15, -0.1) is 0 Å². The van der Waals surface area contributed by atoms with Crippen molar-refractivity contribution in [3.05, 3.63) is 0 Å². The van der Waals surface area contributed by atoms with Crippen molar-refractivity contribution < 1.29 is 57.8 Å². The van der Waals surface area contributed by atoms with Crippen LogP contribution < -0.4 is 0 Å². The number of halogens is 12. The molecule has 0 aliphatic heterocycles. The number of aliphatic hydroxyl groups is 1. The number of aliphatic hydroxyl groups excluding tert-OH is 1. The molecule has 0 heterocycles. The minimum Gasteiger partial charge on any atom is -0.396 e. The van der Waals surface area contributed by atoms with Crippen LogP contribution in [0.5, 0.6) is 0 Å². The predicted octanol–water partition coefficient (Wildman–Crippen LogP) is 4.59. The highest BCUT2D eigenvalue weighted by atomic mass is 19.4. The summed E-state index contributed by atoms with van der Waals surface area (Å²) in [5.41, 5.74) is 0. The Labute approximate surface area is 121 Å². The molecule has 0 amide bonds. The standard InChI is InChI=1S/C10H10F12O/c1-2-5(11,12)7(15,16)9(19,20)10(21,22)8(17,18)6(13,14)3-4-23/h23H,2-4H2,1H3. The monoisotopic (exact) mass is 374 g/mol. The van der Waals surface area contributed by atoms with Crippen LogP contribution in [0, 0.1) is 0 Å². The summed E-state index contributed by atoms with van der Waals surface area (Å²) in [6.45, 7) is -1.72. The second-order valence-electron chi connectivity index (χ2n) is 4.53. The number of hydrogen-bond donors (Lipinski definition) is 1. The average Bonchev–Trinajstić information content (AvgIpc) is 2.37. The van der Waals surface area contributed by atoms with Gasteiger partial charge < -0.3 is 5.11 Å². The smallest absolute Gasteiger partial charge is 0.384 e. The summed E-state index contributed by atoms with van der Waals surface area (Å²) in [5, 5.41) is 8.05. The summed E-state index contributed by atoms with van der Waals surface area (Å²) in [4.78, 5) is 0. The molecule has 0 saturated heterocycles. The maximum atomic E-state index is 13.1. The van der Waals surface area contributed by atoms with E-state index in [1.807, 2.05) is 0 Å². The first kappa shape index (κ1) is 22.1. The molecule has 0 radical (unpaired) electrons. The Morgan fingerprint density at radius 2 is 0.870 bits per heavy atom. The molecule has 0 aromatic rings. The Bertz CT molecular complexity index is 416. The summed E-state index contributed by atoms with van der Waals surface area (Å²) in [5.74, 6) is -41.2. The van der Waals surface area contributed by atoms with Crippen molar-refractivity contribution in [3.8, 4) is 0 Å². The zero-order chi connectivity index (χ0) is 19.1. The van der Waals surface area contributed by atoms with Gasteiger partial charge in [-0.25, -0.2) is 0 Å². The molecule has 0 aliphatic rings. The van der Waals surface area contributed by atoms with Crippen molar-refractivity contribution in [2.24, 2.45) is 0 Å². The van der Waals surface area contributed by atoms with Crippen LogP contribution in [-0.4, -0.2) is 47.2 Å². The molecule has 0 saturated carbocycles. The summed E-state index contributed by atoms with van der Waals surface area (Å²) >= 11 is 0. The van der Waals surface area contributed by atoms with E-state index in [1.165, 1.54) is 0 Å². The first-order chi connectivity index (χ1) is 9.87. The molecule has 1 N–H and O–H groups in total. The highest BCUT2D eigenvalue weighted by molar-refractivity contribution is 5.11. The number of rotatable bonds is 8. The van der Waals surface area contributed by atoms with Crippen LogP contribution in [0.2, 0.25) is 0 Å². The van der Waals surface area contributed by atoms with Crippen LogP contribution in [0.1, 0.15) is 19.8 Å². The molecule has 0 aromatic heterocycles. The van der Waals surface area contributed by atoms with E-state index in [-0.39, 0.29) is 6.92 Å². The van der Waals surface area contributed by atoms with Crippen LogP contribution >= 0.6 is 0 Å². The second kappa shape index (κ2) is 5.88. The summed E-state index contributed by atoms with van der Waals surface area (Å²) in [7, 11) is 0. The van der Waals surface area contributed by atoms with Gasteiger partial charge in [-0.1, -0.05) is 6.92 Å². The van der Waals surface area contributed by atoms with Gasteiger partial charge in [0.15, 0.2) is 0 Å². The van der Waals surface area contributed by atoms with Gasteiger partial charge in [0, 0.05) is 19.4 Å². The van der Waals surface area contributed by atoms with Crippen molar-refractivity contribution in [3.63, 3.8) is 0 Å². The van der Waals surface area contributed by atoms with Crippen LogP contribution in [-0.2, 0) is 0 Å². The first-order valence-electron chi connectivity index (χ1n) is 5.75. The topological polar surface area (TPSA) is 20.2 Å². The minimum atomic E-state index is -7.54. The molecule has 0 unspecified atom stereocenters. The fraction of sp³-hybridized carbons (Fsp3) is 1.00. The Hall–Kier alpha value is -0.880. The van der Waals surface area contributed by atoms with Gasteiger partial charge >= 0.3 is 35.5 Å². The molecule has 140 valence electrons. The van der Waals surface area contributed by atoms with Gasteiger partial charge in [-0.2, -0.15) is 52.7 Å². The Morgan fingerprint density at radius 1 is 0.565 bits per heavy atom. The molecule has 0 bridgehead atoms. The minimum absolute atomic E-state index is 0.167. The molecule has 0 rings (SSSR count). The zero-order valence-corrected chi connectivity index (χ0v) is 11.1. The van der Waals surface area contributed by atoms with Crippen LogP contribution in [0.25, 0.3) is 0 Å². The molecule has 0 fully saturated rings. The van der Waals surface area contributed by atoms with E-state index < -0.39 is 55.0 Å². The van der Waals surface area contributed by atoms with E-state index in [2.05, 4.69) is 0 Å². The molecule has 13 heteroatoms. The summed E-state index contributed by atoms with van der Waals surface area (Å²) < 4.78 is 155. The third kappa shape index (κ3) is 2.95. The van der Waals surface area contributed by atoms with Crippen molar-refractivity contribution in [1.29, 1.82) is 0 Å². The highest BCUT2D eigenvalue weighted by Crippen LogP contribution is 2.60. The van der Waals surface area contributed by atoms with Gasteiger partial charge in [0.05, 0.1) is 0 Å². The lowest BCUT2D eigenvalue weighted by Crippen LogP contribution is -2.70. The van der Waals surface area contributed by atoms with Gasteiger partial charge in [-0.3, -0.25) is 0 Å². The third-order valence-electron chi connectivity index (χ3n) is 2.97. The van der Waals surface area contributed by atoms with Crippen LogP contribution in [0.15, 0.2) is 0 Å². The summed E-state index contributed by atoms with van der Waals surface area (Å²) in [6, 6.07) is 0. The molecule has 1 nitrogen and oxygen atoms in total. The van der Waals surface area contributed by atoms with E-state index in [4.69, 9.17) is 5.11 Å². The highest BCUT2D eigenvalue weighted by Gasteiger charge is 2.89. The molecule has 0 atom stereocenters. The lowest BCUT2D eigenvalue weighted by Gasteiger charge is -2.41. The first-order valence-corrected chi connectivity index (χ1v) is 5.75. The second-order valence-corrected chi connectivity index (χ2v) is 4.53. The van der Waals surface area contributed by atoms with E-state index >= 15 is 0 Å². The van der Waals surface area contributed by atoms with E-state index in [1.54, 1.807) is 0 Å². The Kier molecular flexibility index (Phi) is 5.66. The van der Waals surface area contributed by atoms with Gasteiger partial charge in [-0.05, 0) is 0 Å². The molecule has 23 heavy (non-hydrogen) atoms.